The Balaban J connectivity index is 2.38. The summed E-state index contributed by atoms with van der Waals surface area (Å²) in [7, 11) is 0. The minimum absolute atomic E-state index is 0.101. The van der Waals surface area contributed by atoms with Gasteiger partial charge in [-0.25, -0.2) is 0 Å². The van der Waals surface area contributed by atoms with Crippen molar-refractivity contribution in [2.24, 2.45) is 11.8 Å². The molecule has 2 atom stereocenters. The molecule has 3 nitrogen and oxygen atoms in total. The van der Waals surface area contributed by atoms with Crippen molar-refractivity contribution in [2.45, 2.75) is 46.5 Å². The predicted octanol–water partition coefficient (Wildman–Crippen LogP) is 2.89. The Morgan fingerprint density at radius 3 is 2.71 bits per heavy atom. The zero-order valence-electron chi connectivity index (χ0n) is 11.0. The number of carbonyl (C=O) groups excluding carboxylic acids is 2. The van der Waals surface area contributed by atoms with Crippen LogP contribution in [0.4, 0.5) is 0 Å². The first-order valence-electron chi connectivity index (χ1n) is 6.38. The van der Waals surface area contributed by atoms with Gasteiger partial charge in [0.2, 0.25) is 0 Å². The van der Waals surface area contributed by atoms with Crippen molar-refractivity contribution in [3.8, 4) is 0 Å². The molecule has 17 heavy (non-hydrogen) atoms. The van der Waals surface area contributed by atoms with Gasteiger partial charge in [-0.05, 0) is 32.6 Å². The SMILES string of the molecule is CCOC(=O)CCC(=O)C1CC(C)=CC(C)C1. The molecule has 0 bridgehead atoms. The second-order valence-electron chi connectivity index (χ2n) is 4.90. The lowest BCUT2D eigenvalue weighted by Gasteiger charge is -2.24. The van der Waals surface area contributed by atoms with Gasteiger partial charge in [-0.2, -0.15) is 0 Å². The average Bonchev–Trinajstić information content (AvgIpc) is 2.25. The van der Waals surface area contributed by atoms with Crippen LogP contribution in [0.15, 0.2) is 11.6 Å². The summed E-state index contributed by atoms with van der Waals surface area (Å²) in [6.07, 6.45) is 4.55. The minimum atomic E-state index is -0.267. The molecule has 96 valence electrons. The lowest BCUT2D eigenvalue weighted by Crippen LogP contribution is -2.21. The highest BCUT2D eigenvalue weighted by Crippen LogP contribution is 2.29. The third-order valence-electron chi connectivity index (χ3n) is 3.13. The molecule has 0 fully saturated rings. The van der Waals surface area contributed by atoms with Gasteiger partial charge in [0.15, 0.2) is 0 Å². The molecule has 0 aromatic rings. The van der Waals surface area contributed by atoms with Gasteiger partial charge in [-0.15, -0.1) is 0 Å². The summed E-state index contributed by atoms with van der Waals surface area (Å²) in [6.45, 7) is 6.36. The highest BCUT2D eigenvalue weighted by atomic mass is 16.5. The van der Waals surface area contributed by atoms with Crippen LogP contribution in [0.25, 0.3) is 0 Å². The molecule has 0 N–H and O–H groups in total. The van der Waals surface area contributed by atoms with Crippen LogP contribution >= 0.6 is 0 Å². The van der Waals surface area contributed by atoms with Crippen LogP contribution in [0, 0.1) is 11.8 Å². The van der Waals surface area contributed by atoms with E-state index in [1.807, 2.05) is 0 Å². The monoisotopic (exact) mass is 238 g/mol. The Morgan fingerprint density at radius 1 is 1.41 bits per heavy atom. The molecule has 0 aromatic heterocycles. The molecule has 3 heteroatoms. The number of Topliss-reactive ketones (excluding diaryl/α,β-unsaturated/α-hetero) is 1. The molecule has 0 radical (unpaired) electrons. The lowest BCUT2D eigenvalue weighted by molar-refractivity contribution is -0.144. The molecule has 1 rings (SSSR count). The summed E-state index contributed by atoms with van der Waals surface area (Å²) >= 11 is 0. The molecular weight excluding hydrogens is 216 g/mol. The molecule has 0 spiro atoms. The van der Waals surface area contributed by atoms with Gasteiger partial charge in [0, 0.05) is 12.3 Å². The van der Waals surface area contributed by atoms with E-state index in [-0.39, 0.29) is 24.1 Å². The lowest BCUT2D eigenvalue weighted by atomic mass is 9.80. The van der Waals surface area contributed by atoms with E-state index in [1.165, 1.54) is 5.57 Å². The first-order chi connectivity index (χ1) is 8.02. The van der Waals surface area contributed by atoms with Crippen LogP contribution in [0.1, 0.15) is 46.5 Å². The summed E-state index contributed by atoms with van der Waals surface area (Å²) in [5.41, 5.74) is 1.29. The van der Waals surface area contributed by atoms with Gasteiger partial charge in [0.1, 0.15) is 5.78 Å². The quantitative estimate of drug-likeness (QED) is 0.546. The fourth-order valence-electron chi connectivity index (χ4n) is 2.45. The van der Waals surface area contributed by atoms with Crippen molar-refractivity contribution >= 4 is 11.8 Å². The van der Waals surface area contributed by atoms with Gasteiger partial charge in [0.05, 0.1) is 13.0 Å². The molecule has 0 aromatic carbocycles. The maximum Gasteiger partial charge on any atom is 0.306 e. The zero-order chi connectivity index (χ0) is 12.8. The molecule has 0 amide bonds. The van der Waals surface area contributed by atoms with Gasteiger partial charge in [-0.1, -0.05) is 18.6 Å². The van der Waals surface area contributed by atoms with Gasteiger partial charge in [0.25, 0.3) is 0 Å². The average molecular weight is 238 g/mol. The van der Waals surface area contributed by atoms with Crippen molar-refractivity contribution in [1.82, 2.24) is 0 Å². The Kier molecular flexibility index (Phi) is 5.39. The Bertz CT molecular complexity index is 317. The van der Waals surface area contributed by atoms with Crippen LogP contribution < -0.4 is 0 Å². The molecular formula is C14H22O3. The van der Waals surface area contributed by atoms with E-state index in [2.05, 4.69) is 19.9 Å². The van der Waals surface area contributed by atoms with E-state index < -0.39 is 0 Å². The minimum Gasteiger partial charge on any atom is -0.466 e. The number of hydrogen-bond acceptors (Lipinski definition) is 3. The van der Waals surface area contributed by atoms with E-state index in [4.69, 9.17) is 4.74 Å². The number of carbonyl (C=O) groups is 2. The largest absolute Gasteiger partial charge is 0.466 e. The van der Waals surface area contributed by atoms with E-state index in [0.717, 1.165) is 12.8 Å². The van der Waals surface area contributed by atoms with Gasteiger partial charge >= 0.3 is 5.97 Å². The fourth-order valence-corrected chi connectivity index (χ4v) is 2.45. The highest BCUT2D eigenvalue weighted by Gasteiger charge is 2.24. The van der Waals surface area contributed by atoms with Gasteiger partial charge in [-0.3, -0.25) is 9.59 Å². The van der Waals surface area contributed by atoms with E-state index in [1.54, 1.807) is 6.92 Å². The van der Waals surface area contributed by atoms with Crippen molar-refractivity contribution in [3.63, 3.8) is 0 Å². The second-order valence-corrected chi connectivity index (χ2v) is 4.90. The molecule has 0 saturated carbocycles. The normalized spacial score (nSPS) is 24.1. The summed E-state index contributed by atoms with van der Waals surface area (Å²) in [5.74, 6) is 0.513. The predicted molar refractivity (Wildman–Crippen MR) is 66.5 cm³/mol. The maximum absolute atomic E-state index is 12.0. The van der Waals surface area contributed by atoms with Crippen LogP contribution in [0.3, 0.4) is 0 Å². The Hall–Kier alpha value is -1.12. The third kappa shape index (κ3) is 4.72. The van der Waals surface area contributed by atoms with Crippen LogP contribution in [0.2, 0.25) is 0 Å². The third-order valence-corrected chi connectivity index (χ3v) is 3.13. The number of allylic oxidation sites excluding steroid dienone is 2. The molecule has 1 aliphatic carbocycles. The number of rotatable bonds is 5. The van der Waals surface area contributed by atoms with Crippen molar-refractivity contribution in [1.29, 1.82) is 0 Å². The zero-order valence-corrected chi connectivity index (χ0v) is 11.0. The topological polar surface area (TPSA) is 43.4 Å². The molecule has 2 unspecified atom stereocenters. The smallest absolute Gasteiger partial charge is 0.306 e. The number of ether oxygens (including phenoxy) is 1. The second kappa shape index (κ2) is 6.58. The van der Waals surface area contributed by atoms with E-state index in [9.17, 15) is 9.59 Å². The van der Waals surface area contributed by atoms with Crippen LogP contribution in [0.5, 0.6) is 0 Å². The van der Waals surface area contributed by atoms with Gasteiger partial charge < -0.3 is 4.74 Å². The fraction of sp³-hybridized carbons (Fsp3) is 0.714. The molecule has 0 heterocycles. The summed E-state index contributed by atoms with van der Waals surface area (Å²) in [6, 6.07) is 0. The number of hydrogen-bond donors (Lipinski definition) is 0. The summed E-state index contributed by atoms with van der Waals surface area (Å²) in [4.78, 5) is 23.1. The number of esters is 1. The highest BCUT2D eigenvalue weighted by molar-refractivity contribution is 5.85. The maximum atomic E-state index is 12.0. The van der Waals surface area contributed by atoms with Crippen molar-refractivity contribution in [2.75, 3.05) is 6.61 Å². The first kappa shape index (κ1) is 13.9. The standard InChI is InChI=1S/C14H22O3/c1-4-17-14(16)6-5-13(15)12-8-10(2)7-11(3)9-12/h7,10,12H,4-6,8-9H2,1-3H3. The molecule has 1 aliphatic rings. The van der Waals surface area contributed by atoms with Crippen molar-refractivity contribution in [3.05, 3.63) is 11.6 Å². The summed E-state index contributed by atoms with van der Waals surface area (Å²) in [5, 5.41) is 0. The Morgan fingerprint density at radius 2 is 2.12 bits per heavy atom. The van der Waals surface area contributed by atoms with E-state index >= 15 is 0 Å². The number of ketones is 1. The Labute approximate surface area is 103 Å². The first-order valence-corrected chi connectivity index (χ1v) is 6.38. The van der Waals surface area contributed by atoms with Crippen LogP contribution in [-0.4, -0.2) is 18.4 Å². The van der Waals surface area contributed by atoms with Crippen molar-refractivity contribution < 1.29 is 14.3 Å². The summed E-state index contributed by atoms with van der Waals surface area (Å²) < 4.78 is 4.82. The molecule has 0 saturated heterocycles. The van der Waals surface area contributed by atoms with Crippen LogP contribution in [-0.2, 0) is 14.3 Å². The van der Waals surface area contributed by atoms with E-state index in [0.29, 0.717) is 18.9 Å². The molecule has 0 aliphatic heterocycles.